The molecule has 1 aromatic carbocycles. The molecule has 0 bridgehead atoms. The molecule has 7 nitrogen and oxygen atoms in total. The van der Waals surface area contributed by atoms with Crippen LogP contribution in [-0.2, 0) is 9.59 Å². The van der Waals surface area contributed by atoms with Crippen molar-refractivity contribution in [2.75, 3.05) is 6.54 Å². The summed E-state index contributed by atoms with van der Waals surface area (Å²) >= 11 is 0. The Morgan fingerprint density at radius 1 is 1.20 bits per heavy atom. The third-order valence-corrected chi connectivity index (χ3v) is 4.16. The first-order valence-electron chi connectivity index (χ1n) is 7.69. The van der Waals surface area contributed by atoms with Crippen molar-refractivity contribution >= 4 is 24.0 Å². The molecule has 7 heteroatoms. The highest BCUT2D eigenvalue weighted by molar-refractivity contribution is 6.15. The molecule has 0 unspecified atom stereocenters. The van der Waals surface area contributed by atoms with Gasteiger partial charge in [0.25, 0.3) is 5.91 Å². The number of imide groups is 1. The minimum Gasteiger partial charge on any atom is -0.480 e. The van der Waals surface area contributed by atoms with Crippen LogP contribution in [0, 0.1) is 13.8 Å². The maximum atomic E-state index is 12.2. The zero-order valence-electron chi connectivity index (χ0n) is 13.8. The Kier molecular flexibility index (Phi) is 4.14. The number of nitrogens with one attached hydrogen (secondary N) is 1. The maximum Gasteiger partial charge on any atom is 0.329 e. The predicted octanol–water partition coefficient (Wildman–Crippen LogP) is 2.07. The fourth-order valence-electron chi connectivity index (χ4n) is 2.73. The zero-order valence-corrected chi connectivity index (χ0v) is 13.8. The number of aromatic nitrogens is 1. The van der Waals surface area contributed by atoms with Crippen LogP contribution >= 0.6 is 0 Å². The van der Waals surface area contributed by atoms with Crippen LogP contribution in [0.3, 0.4) is 0 Å². The topological polar surface area (TPSA) is 91.6 Å². The lowest BCUT2D eigenvalue weighted by Gasteiger charge is -2.12. The molecule has 1 aliphatic heterocycles. The predicted molar refractivity (Wildman–Crippen MR) is 91.1 cm³/mol. The molecule has 1 fully saturated rings. The van der Waals surface area contributed by atoms with Gasteiger partial charge in [-0.2, -0.15) is 0 Å². The summed E-state index contributed by atoms with van der Waals surface area (Å²) in [5, 5.41) is 11.2. The van der Waals surface area contributed by atoms with E-state index in [2.05, 4.69) is 5.32 Å². The Bertz CT molecular complexity index is 911. The molecular weight excluding hydrogens is 322 g/mol. The molecule has 1 aliphatic rings. The Balaban J connectivity index is 1.98. The van der Waals surface area contributed by atoms with Gasteiger partial charge in [-0.05, 0) is 49.2 Å². The van der Waals surface area contributed by atoms with Gasteiger partial charge in [0.1, 0.15) is 12.2 Å². The molecule has 0 radical (unpaired) electrons. The number of aliphatic carboxylic acids is 1. The molecular formula is C18H17N3O4. The number of benzene rings is 1. The van der Waals surface area contributed by atoms with Crippen LogP contribution in [0.5, 0.6) is 0 Å². The van der Waals surface area contributed by atoms with Crippen molar-refractivity contribution in [2.45, 2.75) is 13.8 Å². The number of rotatable bonds is 4. The first-order valence-corrected chi connectivity index (χ1v) is 7.69. The van der Waals surface area contributed by atoms with Gasteiger partial charge in [-0.1, -0.05) is 12.1 Å². The molecule has 0 spiro atoms. The number of carboxylic acid groups (broad SMARTS) is 1. The first kappa shape index (κ1) is 16.5. The van der Waals surface area contributed by atoms with E-state index in [0.717, 1.165) is 16.8 Å². The highest BCUT2D eigenvalue weighted by Gasteiger charge is 2.35. The smallest absolute Gasteiger partial charge is 0.329 e. The SMILES string of the molecule is Cc1cccc(-n2cccc2/C=C2/NC(=O)N(CC(=O)O)C2=O)c1C. The summed E-state index contributed by atoms with van der Waals surface area (Å²) in [5.41, 5.74) is 3.97. The van der Waals surface area contributed by atoms with Gasteiger partial charge < -0.3 is 15.0 Å². The molecule has 3 rings (SSSR count). The van der Waals surface area contributed by atoms with Crippen molar-refractivity contribution in [3.8, 4) is 5.69 Å². The summed E-state index contributed by atoms with van der Waals surface area (Å²) in [6.07, 6.45) is 3.41. The fraction of sp³-hybridized carbons (Fsp3) is 0.167. The van der Waals surface area contributed by atoms with Gasteiger partial charge in [-0.3, -0.25) is 9.59 Å². The van der Waals surface area contributed by atoms with Gasteiger partial charge in [0, 0.05) is 17.6 Å². The molecule has 3 amide bonds. The lowest BCUT2D eigenvalue weighted by molar-refractivity contribution is -0.140. The van der Waals surface area contributed by atoms with E-state index >= 15 is 0 Å². The van der Waals surface area contributed by atoms with E-state index in [1.165, 1.54) is 0 Å². The quantitative estimate of drug-likeness (QED) is 0.659. The third-order valence-electron chi connectivity index (χ3n) is 4.16. The molecule has 2 heterocycles. The highest BCUT2D eigenvalue weighted by Crippen LogP contribution is 2.22. The van der Waals surface area contributed by atoms with Gasteiger partial charge >= 0.3 is 12.0 Å². The number of carbonyl (C=O) groups is 3. The molecule has 128 valence electrons. The van der Waals surface area contributed by atoms with Crippen molar-refractivity contribution in [1.82, 2.24) is 14.8 Å². The van der Waals surface area contributed by atoms with Crippen LogP contribution in [0.15, 0.2) is 42.2 Å². The molecule has 0 saturated carbocycles. The number of amides is 3. The second kappa shape index (κ2) is 6.27. The van der Waals surface area contributed by atoms with Crippen molar-refractivity contribution in [1.29, 1.82) is 0 Å². The van der Waals surface area contributed by atoms with Crippen molar-refractivity contribution < 1.29 is 19.5 Å². The lowest BCUT2D eigenvalue weighted by atomic mass is 10.1. The van der Waals surface area contributed by atoms with Gasteiger partial charge in [0.15, 0.2) is 0 Å². The molecule has 1 saturated heterocycles. The van der Waals surface area contributed by atoms with E-state index in [4.69, 9.17) is 5.11 Å². The van der Waals surface area contributed by atoms with E-state index in [1.807, 2.05) is 54.9 Å². The van der Waals surface area contributed by atoms with Gasteiger partial charge in [0.2, 0.25) is 0 Å². The number of hydrogen-bond acceptors (Lipinski definition) is 3. The fourth-order valence-corrected chi connectivity index (χ4v) is 2.73. The van der Waals surface area contributed by atoms with E-state index in [1.54, 1.807) is 6.08 Å². The normalized spacial score (nSPS) is 15.8. The minimum absolute atomic E-state index is 0.0523. The van der Waals surface area contributed by atoms with Crippen LogP contribution in [-0.4, -0.2) is 39.0 Å². The Morgan fingerprint density at radius 3 is 2.68 bits per heavy atom. The van der Waals surface area contributed by atoms with Crippen molar-refractivity contribution in [2.24, 2.45) is 0 Å². The molecule has 1 aromatic heterocycles. The number of carboxylic acids is 1. The number of urea groups is 1. The largest absolute Gasteiger partial charge is 0.480 e. The third kappa shape index (κ3) is 3.03. The minimum atomic E-state index is -1.25. The number of aryl methyl sites for hydroxylation is 1. The van der Waals surface area contributed by atoms with Crippen LogP contribution < -0.4 is 5.32 Å². The van der Waals surface area contributed by atoms with Crippen LogP contribution in [0.1, 0.15) is 16.8 Å². The summed E-state index contributed by atoms with van der Waals surface area (Å²) in [5.74, 6) is -1.90. The van der Waals surface area contributed by atoms with E-state index < -0.39 is 24.5 Å². The maximum absolute atomic E-state index is 12.2. The number of nitrogens with zero attached hydrogens (tertiary/aromatic N) is 2. The average Bonchev–Trinajstić information content (AvgIpc) is 3.10. The summed E-state index contributed by atoms with van der Waals surface area (Å²) < 4.78 is 1.91. The zero-order chi connectivity index (χ0) is 18.1. The van der Waals surface area contributed by atoms with E-state index in [0.29, 0.717) is 10.6 Å². The lowest BCUT2D eigenvalue weighted by Crippen LogP contribution is -2.35. The summed E-state index contributed by atoms with van der Waals surface area (Å²) in [6.45, 7) is 3.36. The monoisotopic (exact) mass is 339 g/mol. The molecule has 0 atom stereocenters. The van der Waals surface area contributed by atoms with Gasteiger partial charge in [-0.25, -0.2) is 9.69 Å². The standard InChI is InChI=1S/C18H17N3O4/c1-11-5-3-7-15(12(11)2)20-8-4-6-13(20)9-14-17(24)21(10-16(22)23)18(25)19-14/h3-9H,10H2,1-2H3,(H,19,25)(H,22,23)/b14-9+. The molecule has 2 N–H and O–H groups in total. The Hall–Kier alpha value is -3.35. The molecule has 0 aliphatic carbocycles. The van der Waals surface area contributed by atoms with Gasteiger partial charge in [-0.15, -0.1) is 0 Å². The second-order valence-electron chi connectivity index (χ2n) is 5.80. The molecule has 25 heavy (non-hydrogen) atoms. The second-order valence-corrected chi connectivity index (χ2v) is 5.80. The van der Waals surface area contributed by atoms with Crippen molar-refractivity contribution in [3.05, 3.63) is 59.0 Å². The number of hydrogen-bond donors (Lipinski definition) is 2. The summed E-state index contributed by atoms with van der Waals surface area (Å²) in [6, 6.07) is 8.86. The average molecular weight is 339 g/mol. The summed E-state index contributed by atoms with van der Waals surface area (Å²) in [4.78, 5) is 35.5. The highest BCUT2D eigenvalue weighted by atomic mass is 16.4. The Labute approximate surface area is 144 Å². The van der Waals surface area contributed by atoms with Crippen molar-refractivity contribution in [3.63, 3.8) is 0 Å². The van der Waals surface area contributed by atoms with Gasteiger partial charge in [0.05, 0.1) is 0 Å². The van der Waals surface area contributed by atoms with E-state index in [9.17, 15) is 14.4 Å². The first-order chi connectivity index (χ1) is 11.9. The van der Waals surface area contributed by atoms with Crippen LogP contribution in [0.4, 0.5) is 4.79 Å². The van der Waals surface area contributed by atoms with E-state index in [-0.39, 0.29) is 5.70 Å². The number of carbonyl (C=O) groups excluding carboxylic acids is 2. The van der Waals surface area contributed by atoms with Crippen LogP contribution in [0.2, 0.25) is 0 Å². The van der Waals surface area contributed by atoms with Crippen LogP contribution in [0.25, 0.3) is 11.8 Å². The Morgan fingerprint density at radius 2 is 1.96 bits per heavy atom. The molecule has 2 aromatic rings. The summed E-state index contributed by atoms with van der Waals surface area (Å²) in [7, 11) is 0.